The van der Waals surface area contributed by atoms with E-state index < -0.39 is 0 Å². The molecule has 0 unspecified atom stereocenters. The highest BCUT2D eigenvalue weighted by Crippen LogP contribution is 2.18. The zero-order chi connectivity index (χ0) is 23.5. The van der Waals surface area contributed by atoms with E-state index >= 15 is 0 Å². The monoisotopic (exact) mass is 468 g/mol. The maximum Gasteiger partial charge on any atom is 0.262 e. The number of carbonyl (C=O) groups excluding carboxylic acids is 2. The lowest BCUT2D eigenvalue weighted by Crippen LogP contribution is -2.29. The number of aromatic nitrogens is 2. The van der Waals surface area contributed by atoms with Crippen LogP contribution in [0, 0.1) is 0 Å². The van der Waals surface area contributed by atoms with Crippen molar-refractivity contribution in [1.82, 2.24) is 20.2 Å². The average Bonchev–Trinajstić information content (AvgIpc) is 2.84. The number of hydrogen-bond acceptors (Lipinski definition) is 6. The third-order valence-electron chi connectivity index (χ3n) is 4.91. The maximum atomic E-state index is 13.1. The number of carbonyl (C=O) groups is 2. The van der Waals surface area contributed by atoms with E-state index in [9.17, 15) is 14.4 Å². The highest BCUT2D eigenvalue weighted by molar-refractivity contribution is 7.99. The van der Waals surface area contributed by atoms with Crippen molar-refractivity contribution in [3.63, 3.8) is 0 Å². The Balaban J connectivity index is 1.63. The fourth-order valence-corrected chi connectivity index (χ4v) is 4.07. The summed E-state index contributed by atoms with van der Waals surface area (Å²) < 4.78 is 6.49. The van der Waals surface area contributed by atoms with Crippen molar-refractivity contribution < 1.29 is 14.3 Å². The molecule has 0 fully saturated rings. The average molecular weight is 469 g/mol. The number of rotatable bonds is 12. The minimum absolute atomic E-state index is 0.0765. The Morgan fingerprint density at radius 1 is 1.03 bits per heavy atom. The second-order valence-electron chi connectivity index (χ2n) is 7.37. The SMILES string of the molecule is COCCNC(=O)CSc1nc2ccccc2c(=O)n1CCCC(=O)NCc1ccccc1. The Hall–Kier alpha value is -3.17. The van der Waals surface area contributed by atoms with Gasteiger partial charge < -0.3 is 15.4 Å². The summed E-state index contributed by atoms with van der Waals surface area (Å²) in [6.45, 7) is 1.66. The van der Waals surface area contributed by atoms with Crippen molar-refractivity contribution in [2.75, 3.05) is 26.0 Å². The molecule has 0 saturated carbocycles. The number of amides is 2. The third-order valence-corrected chi connectivity index (χ3v) is 5.88. The first-order valence-corrected chi connectivity index (χ1v) is 11.8. The summed E-state index contributed by atoms with van der Waals surface area (Å²) in [4.78, 5) is 42.0. The molecule has 3 aromatic rings. The maximum absolute atomic E-state index is 13.1. The predicted molar refractivity (Wildman–Crippen MR) is 129 cm³/mol. The lowest BCUT2D eigenvalue weighted by atomic mass is 10.2. The van der Waals surface area contributed by atoms with Crippen molar-refractivity contribution in [2.45, 2.75) is 31.1 Å². The molecule has 0 bridgehead atoms. The molecule has 0 radical (unpaired) electrons. The molecule has 0 aliphatic carbocycles. The van der Waals surface area contributed by atoms with Crippen LogP contribution in [0.25, 0.3) is 10.9 Å². The molecule has 0 saturated heterocycles. The molecule has 0 atom stereocenters. The standard InChI is InChI=1S/C24H28N4O4S/c1-32-15-13-25-22(30)17-33-24-27-20-11-6-5-10-19(20)23(31)28(24)14-7-12-21(29)26-16-18-8-3-2-4-9-18/h2-6,8-11H,7,12-17H2,1H3,(H,25,30)(H,26,29). The summed E-state index contributed by atoms with van der Waals surface area (Å²) in [5.41, 5.74) is 1.44. The number of nitrogens with zero attached hydrogens (tertiary/aromatic N) is 2. The molecule has 0 aliphatic rings. The van der Waals surface area contributed by atoms with Crippen LogP contribution in [0.15, 0.2) is 64.5 Å². The van der Waals surface area contributed by atoms with Gasteiger partial charge in [-0.15, -0.1) is 0 Å². The van der Waals surface area contributed by atoms with Crippen LogP contribution in [0.3, 0.4) is 0 Å². The number of benzene rings is 2. The van der Waals surface area contributed by atoms with Gasteiger partial charge >= 0.3 is 0 Å². The largest absolute Gasteiger partial charge is 0.383 e. The lowest BCUT2D eigenvalue weighted by Gasteiger charge is -2.13. The second kappa shape index (κ2) is 12.8. The molecule has 0 spiro atoms. The topological polar surface area (TPSA) is 102 Å². The van der Waals surface area contributed by atoms with E-state index in [-0.39, 0.29) is 29.5 Å². The van der Waals surface area contributed by atoms with Crippen LogP contribution in [-0.2, 0) is 27.4 Å². The number of ether oxygens (including phenoxy) is 1. The smallest absolute Gasteiger partial charge is 0.262 e. The first kappa shape index (κ1) is 24.5. The van der Waals surface area contributed by atoms with Crippen LogP contribution in [0.2, 0.25) is 0 Å². The van der Waals surface area contributed by atoms with Gasteiger partial charge in [-0.25, -0.2) is 4.98 Å². The van der Waals surface area contributed by atoms with Crippen molar-refractivity contribution in [1.29, 1.82) is 0 Å². The molecule has 8 nitrogen and oxygen atoms in total. The fraction of sp³-hybridized carbons (Fsp3) is 0.333. The quantitative estimate of drug-likeness (QED) is 0.240. The first-order valence-electron chi connectivity index (χ1n) is 10.8. The summed E-state index contributed by atoms with van der Waals surface area (Å²) in [6, 6.07) is 16.8. The highest BCUT2D eigenvalue weighted by atomic mass is 32.2. The zero-order valence-corrected chi connectivity index (χ0v) is 19.4. The van der Waals surface area contributed by atoms with Crippen molar-refractivity contribution in [3.8, 4) is 0 Å². The molecule has 2 aromatic carbocycles. The Morgan fingerprint density at radius 2 is 1.79 bits per heavy atom. The lowest BCUT2D eigenvalue weighted by molar-refractivity contribution is -0.121. The van der Waals surface area contributed by atoms with Gasteiger partial charge in [-0.05, 0) is 24.1 Å². The van der Waals surface area contributed by atoms with Gasteiger partial charge in [0.2, 0.25) is 11.8 Å². The van der Waals surface area contributed by atoms with Gasteiger partial charge in [0.25, 0.3) is 5.56 Å². The second-order valence-corrected chi connectivity index (χ2v) is 8.31. The van der Waals surface area contributed by atoms with Gasteiger partial charge in [0.05, 0.1) is 23.3 Å². The van der Waals surface area contributed by atoms with Crippen LogP contribution < -0.4 is 16.2 Å². The Labute approximate surface area is 196 Å². The molecule has 0 aliphatic heterocycles. The molecule has 3 rings (SSSR count). The molecular formula is C24H28N4O4S. The highest BCUT2D eigenvalue weighted by Gasteiger charge is 2.14. The molecule has 174 valence electrons. The number of fused-ring (bicyclic) bond motifs is 1. The van der Waals surface area contributed by atoms with Crippen molar-refractivity contribution >= 4 is 34.5 Å². The van der Waals surface area contributed by atoms with Crippen molar-refractivity contribution in [2.24, 2.45) is 0 Å². The minimum Gasteiger partial charge on any atom is -0.383 e. The first-order chi connectivity index (χ1) is 16.1. The normalized spacial score (nSPS) is 10.8. The van der Waals surface area contributed by atoms with E-state index in [1.807, 2.05) is 36.4 Å². The van der Waals surface area contributed by atoms with Gasteiger partial charge in [0.1, 0.15) is 0 Å². The van der Waals surface area contributed by atoms with Gasteiger partial charge in [-0.2, -0.15) is 0 Å². The number of para-hydroxylation sites is 1. The Morgan fingerprint density at radius 3 is 2.58 bits per heavy atom. The summed E-state index contributed by atoms with van der Waals surface area (Å²) in [7, 11) is 1.57. The number of nitrogens with one attached hydrogen (secondary N) is 2. The number of methoxy groups -OCH3 is 1. The van der Waals surface area contributed by atoms with E-state index in [4.69, 9.17) is 4.74 Å². The third kappa shape index (κ3) is 7.44. The summed E-state index contributed by atoms with van der Waals surface area (Å²) >= 11 is 1.21. The van der Waals surface area contributed by atoms with Gasteiger partial charge in [0, 0.05) is 33.2 Å². The summed E-state index contributed by atoms with van der Waals surface area (Å²) in [5, 5.41) is 6.63. The summed E-state index contributed by atoms with van der Waals surface area (Å²) in [5.74, 6) is -0.106. The Bertz CT molecular complexity index is 1130. The van der Waals surface area contributed by atoms with Gasteiger partial charge in [0.15, 0.2) is 5.16 Å². The van der Waals surface area contributed by atoms with E-state index in [0.29, 0.717) is 48.7 Å². The Kier molecular flexibility index (Phi) is 9.46. The van der Waals surface area contributed by atoms with Crippen LogP contribution in [0.5, 0.6) is 0 Å². The molecule has 9 heteroatoms. The molecule has 33 heavy (non-hydrogen) atoms. The molecule has 2 N–H and O–H groups in total. The molecular weight excluding hydrogens is 440 g/mol. The van der Waals surface area contributed by atoms with Gasteiger partial charge in [-0.3, -0.25) is 19.0 Å². The molecule has 1 aromatic heterocycles. The predicted octanol–water partition coefficient (Wildman–Crippen LogP) is 2.35. The van der Waals surface area contributed by atoms with Crippen LogP contribution in [0.4, 0.5) is 0 Å². The minimum atomic E-state index is -0.174. The van der Waals surface area contributed by atoms with E-state index in [1.54, 1.807) is 29.9 Å². The van der Waals surface area contributed by atoms with Crippen LogP contribution in [0.1, 0.15) is 18.4 Å². The van der Waals surface area contributed by atoms with Crippen LogP contribution in [-0.4, -0.2) is 47.4 Å². The van der Waals surface area contributed by atoms with Crippen LogP contribution >= 0.6 is 11.8 Å². The fourth-order valence-electron chi connectivity index (χ4n) is 3.21. The molecule has 1 heterocycles. The number of hydrogen-bond donors (Lipinski definition) is 2. The zero-order valence-electron chi connectivity index (χ0n) is 18.6. The van der Waals surface area contributed by atoms with E-state index in [2.05, 4.69) is 15.6 Å². The molecule has 2 amide bonds. The summed E-state index contributed by atoms with van der Waals surface area (Å²) in [6.07, 6.45) is 0.766. The van der Waals surface area contributed by atoms with E-state index in [1.165, 1.54) is 11.8 Å². The number of thioether (sulfide) groups is 1. The van der Waals surface area contributed by atoms with E-state index in [0.717, 1.165) is 5.56 Å². The van der Waals surface area contributed by atoms with Gasteiger partial charge in [-0.1, -0.05) is 54.2 Å². The van der Waals surface area contributed by atoms with Crippen molar-refractivity contribution in [3.05, 3.63) is 70.5 Å².